The number of hydrogen-bond acceptors (Lipinski definition) is 3. The van der Waals surface area contributed by atoms with Gasteiger partial charge in [0.1, 0.15) is 5.75 Å². The summed E-state index contributed by atoms with van der Waals surface area (Å²) in [7, 11) is 0. The highest BCUT2D eigenvalue weighted by molar-refractivity contribution is 5.85. The summed E-state index contributed by atoms with van der Waals surface area (Å²) in [6.07, 6.45) is 0.848. The molecule has 3 nitrogen and oxygen atoms in total. The first-order valence-electron chi connectivity index (χ1n) is 4.47. The summed E-state index contributed by atoms with van der Waals surface area (Å²) < 4.78 is 5.55. The maximum Gasteiger partial charge on any atom is 0.129 e. The average Bonchev–Trinajstić information content (AvgIpc) is 2.12. The lowest BCUT2D eigenvalue weighted by molar-refractivity contribution is 0.268. The second-order valence-electron chi connectivity index (χ2n) is 3.46. The number of rotatable bonds is 0. The molecule has 0 bridgehead atoms. The topological polar surface area (TPSA) is 61.3 Å². The van der Waals surface area contributed by atoms with Gasteiger partial charge in [-0.1, -0.05) is 6.07 Å². The van der Waals surface area contributed by atoms with E-state index in [1.54, 1.807) is 0 Å². The summed E-state index contributed by atoms with van der Waals surface area (Å²) in [5, 5.41) is 0. The van der Waals surface area contributed by atoms with Gasteiger partial charge in [0.05, 0.1) is 6.61 Å². The van der Waals surface area contributed by atoms with Gasteiger partial charge in [0.25, 0.3) is 0 Å². The fourth-order valence-corrected chi connectivity index (χ4v) is 1.73. The molecule has 0 aliphatic carbocycles. The van der Waals surface area contributed by atoms with Gasteiger partial charge in [-0.25, -0.2) is 0 Å². The fourth-order valence-electron chi connectivity index (χ4n) is 1.73. The van der Waals surface area contributed by atoms with Crippen molar-refractivity contribution < 1.29 is 4.74 Å². The second-order valence-corrected chi connectivity index (χ2v) is 3.46. The summed E-state index contributed by atoms with van der Waals surface area (Å²) >= 11 is 0. The number of benzene rings is 1. The van der Waals surface area contributed by atoms with E-state index in [4.69, 9.17) is 16.2 Å². The number of hydrogen-bond donors (Lipinski definition) is 2. The lowest BCUT2D eigenvalue weighted by atomic mass is 9.97. The maximum atomic E-state index is 5.96. The minimum Gasteiger partial charge on any atom is -0.493 e. The minimum atomic E-state index is 0. The SMILES string of the molecule is Cc1ccc(N)c2c1OCC[C@@H]2N.Cl. The first kappa shape index (κ1) is 11.1. The Morgan fingerprint density at radius 2 is 2.14 bits per heavy atom. The van der Waals surface area contributed by atoms with E-state index in [0.717, 1.165) is 29.0 Å². The van der Waals surface area contributed by atoms with Crippen molar-refractivity contribution in [3.8, 4) is 5.75 Å². The van der Waals surface area contributed by atoms with E-state index in [9.17, 15) is 0 Å². The Morgan fingerprint density at radius 3 is 2.79 bits per heavy atom. The van der Waals surface area contributed by atoms with Crippen LogP contribution in [0, 0.1) is 6.92 Å². The third-order valence-corrected chi connectivity index (χ3v) is 2.47. The Hall–Kier alpha value is -0.930. The Kier molecular flexibility index (Phi) is 3.24. The van der Waals surface area contributed by atoms with E-state index < -0.39 is 0 Å². The Labute approximate surface area is 89.8 Å². The molecule has 0 spiro atoms. The van der Waals surface area contributed by atoms with Crippen molar-refractivity contribution in [1.29, 1.82) is 0 Å². The number of fused-ring (bicyclic) bond motifs is 1. The number of halogens is 1. The highest BCUT2D eigenvalue weighted by atomic mass is 35.5. The molecule has 4 heteroatoms. The molecule has 0 unspecified atom stereocenters. The predicted molar refractivity (Wildman–Crippen MR) is 59.9 cm³/mol. The molecule has 0 fully saturated rings. The quantitative estimate of drug-likeness (QED) is 0.648. The fraction of sp³-hybridized carbons (Fsp3) is 0.400. The predicted octanol–water partition coefficient (Wildman–Crippen LogP) is 1.78. The normalized spacial score (nSPS) is 19.1. The summed E-state index contributed by atoms with van der Waals surface area (Å²) in [5.41, 5.74) is 14.6. The molecule has 1 aromatic carbocycles. The molecule has 0 aromatic heterocycles. The lowest BCUT2D eigenvalue weighted by Crippen LogP contribution is -2.22. The van der Waals surface area contributed by atoms with Gasteiger partial charge in [-0.05, 0) is 18.6 Å². The van der Waals surface area contributed by atoms with Gasteiger partial charge in [-0.2, -0.15) is 0 Å². The molecular weight excluding hydrogens is 200 g/mol. The summed E-state index contributed by atoms with van der Waals surface area (Å²) in [6, 6.07) is 3.89. The van der Waals surface area contributed by atoms with Crippen LogP contribution in [0.25, 0.3) is 0 Å². The van der Waals surface area contributed by atoms with E-state index >= 15 is 0 Å². The van der Waals surface area contributed by atoms with Crippen LogP contribution >= 0.6 is 12.4 Å². The smallest absolute Gasteiger partial charge is 0.129 e. The van der Waals surface area contributed by atoms with Crippen LogP contribution in [-0.2, 0) is 0 Å². The molecule has 1 atom stereocenters. The van der Waals surface area contributed by atoms with E-state index in [2.05, 4.69) is 0 Å². The van der Waals surface area contributed by atoms with E-state index in [1.165, 1.54) is 0 Å². The van der Waals surface area contributed by atoms with Crippen LogP contribution in [0.5, 0.6) is 5.75 Å². The van der Waals surface area contributed by atoms with E-state index in [1.807, 2.05) is 19.1 Å². The van der Waals surface area contributed by atoms with Crippen molar-refractivity contribution in [2.75, 3.05) is 12.3 Å². The van der Waals surface area contributed by atoms with Gasteiger partial charge >= 0.3 is 0 Å². The largest absolute Gasteiger partial charge is 0.493 e. The summed E-state index contributed by atoms with van der Waals surface area (Å²) in [5.74, 6) is 0.888. The van der Waals surface area contributed by atoms with Gasteiger partial charge < -0.3 is 16.2 Å². The molecule has 1 aliphatic heterocycles. The van der Waals surface area contributed by atoms with Crippen molar-refractivity contribution in [3.63, 3.8) is 0 Å². The average molecular weight is 215 g/mol. The third kappa shape index (κ3) is 1.65. The molecule has 1 heterocycles. The Morgan fingerprint density at radius 1 is 1.43 bits per heavy atom. The van der Waals surface area contributed by atoms with Gasteiger partial charge in [-0.3, -0.25) is 0 Å². The van der Waals surface area contributed by atoms with E-state index in [-0.39, 0.29) is 18.4 Å². The monoisotopic (exact) mass is 214 g/mol. The molecule has 1 aromatic rings. The van der Waals surface area contributed by atoms with Gasteiger partial charge in [0.2, 0.25) is 0 Å². The van der Waals surface area contributed by atoms with E-state index in [0.29, 0.717) is 6.61 Å². The van der Waals surface area contributed by atoms with Crippen molar-refractivity contribution in [3.05, 3.63) is 23.3 Å². The van der Waals surface area contributed by atoms with Crippen LogP contribution in [0.1, 0.15) is 23.6 Å². The summed E-state index contributed by atoms with van der Waals surface area (Å²) in [4.78, 5) is 0. The van der Waals surface area contributed by atoms with Crippen molar-refractivity contribution in [2.24, 2.45) is 5.73 Å². The zero-order valence-electron chi connectivity index (χ0n) is 8.12. The zero-order valence-corrected chi connectivity index (χ0v) is 8.93. The molecule has 2 rings (SSSR count). The molecule has 0 saturated carbocycles. The van der Waals surface area contributed by atoms with Crippen LogP contribution < -0.4 is 16.2 Å². The molecule has 4 N–H and O–H groups in total. The van der Waals surface area contributed by atoms with Crippen LogP contribution in [-0.4, -0.2) is 6.61 Å². The number of anilines is 1. The number of aryl methyl sites for hydroxylation is 1. The minimum absolute atomic E-state index is 0. The van der Waals surface area contributed by atoms with Gasteiger partial charge in [0, 0.05) is 23.7 Å². The first-order valence-corrected chi connectivity index (χ1v) is 4.47. The van der Waals surface area contributed by atoms with Crippen molar-refractivity contribution in [2.45, 2.75) is 19.4 Å². The first-order chi connectivity index (χ1) is 6.20. The molecule has 0 radical (unpaired) electrons. The molecule has 0 amide bonds. The maximum absolute atomic E-state index is 5.96. The molecule has 14 heavy (non-hydrogen) atoms. The highest BCUT2D eigenvalue weighted by Gasteiger charge is 2.21. The third-order valence-electron chi connectivity index (χ3n) is 2.47. The molecule has 1 aliphatic rings. The number of ether oxygens (including phenoxy) is 1. The molecule has 0 saturated heterocycles. The molecule has 78 valence electrons. The van der Waals surface area contributed by atoms with Crippen LogP contribution in [0.2, 0.25) is 0 Å². The standard InChI is InChI=1S/C10H14N2O.ClH/c1-6-2-3-7(11)9-8(12)4-5-13-10(6)9;/h2-3,8H,4-5,11-12H2,1H3;1H/t8-;/m0./s1. The van der Waals surface area contributed by atoms with Crippen molar-refractivity contribution in [1.82, 2.24) is 0 Å². The van der Waals surface area contributed by atoms with Crippen molar-refractivity contribution >= 4 is 18.1 Å². The molecular formula is C10H15ClN2O. The number of nitrogens with two attached hydrogens (primary N) is 2. The zero-order chi connectivity index (χ0) is 9.42. The Balaban J connectivity index is 0.000000980. The summed E-state index contributed by atoms with van der Waals surface area (Å²) in [6.45, 7) is 2.70. The van der Waals surface area contributed by atoms with Crippen LogP contribution in [0.4, 0.5) is 5.69 Å². The van der Waals surface area contributed by atoms with Gasteiger partial charge in [0.15, 0.2) is 0 Å². The second kappa shape index (κ2) is 4.07. The Bertz CT molecular complexity index is 341. The number of nitrogen functional groups attached to an aromatic ring is 1. The van der Waals surface area contributed by atoms with Crippen LogP contribution in [0.15, 0.2) is 12.1 Å². The lowest BCUT2D eigenvalue weighted by Gasteiger charge is -2.25. The van der Waals surface area contributed by atoms with Gasteiger partial charge in [-0.15, -0.1) is 12.4 Å². The highest BCUT2D eigenvalue weighted by Crippen LogP contribution is 2.37. The van der Waals surface area contributed by atoms with Crippen LogP contribution in [0.3, 0.4) is 0 Å².